The van der Waals surface area contributed by atoms with E-state index in [4.69, 9.17) is 20.0 Å². The second-order valence-corrected chi connectivity index (χ2v) is 14.7. The van der Waals surface area contributed by atoms with E-state index in [0.29, 0.717) is 12.4 Å². The number of hydrogen-bond acceptors (Lipinski definition) is 3. The lowest BCUT2D eigenvalue weighted by molar-refractivity contribution is 1.06. The second kappa shape index (κ2) is 16.1. The van der Waals surface area contributed by atoms with Crippen molar-refractivity contribution < 1.29 is 0 Å². The molecule has 0 aliphatic carbocycles. The van der Waals surface area contributed by atoms with E-state index in [2.05, 4.69) is 174 Å². The zero-order valence-electron chi connectivity index (χ0n) is 33.1. The van der Waals surface area contributed by atoms with Gasteiger partial charge in [0.15, 0.2) is 5.84 Å². The van der Waals surface area contributed by atoms with Crippen molar-refractivity contribution in [3.63, 3.8) is 0 Å². The number of hydrogen-bond donors (Lipinski definition) is 1. The summed E-state index contributed by atoms with van der Waals surface area (Å²) in [5.74, 6) is 2.30. The molecule has 6 nitrogen and oxygen atoms in total. The van der Waals surface area contributed by atoms with Gasteiger partial charge in [-0.1, -0.05) is 170 Å². The number of imidazole rings is 1. The number of aliphatic imine (C=N–C) groups is 2. The maximum absolute atomic E-state index is 5.39. The third-order valence-corrected chi connectivity index (χ3v) is 10.9. The molecule has 1 N–H and O–H groups in total. The molecule has 2 aromatic heterocycles. The molecule has 10 aromatic rings. The Labute approximate surface area is 348 Å². The van der Waals surface area contributed by atoms with Crippen LogP contribution in [0.15, 0.2) is 216 Å². The topological polar surface area (TPSA) is 67.5 Å². The summed E-state index contributed by atoms with van der Waals surface area (Å²) in [4.78, 5) is 20.5. The SMILES string of the molecule is CN/C(=N\C(=N/Cc1cccc(-c2cccc(-n3c(-c4ccccc4)nc4c5ccccc5c5ncccc5c43)c2)c1)c1ccccc1)c1ccc(-c2ccccc2)cc1. The smallest absolute Gasteiger partial charge is 0.157 e. The Morgan fingerprint density at radius 3 is 1.85 bits per heavy atom. The minimum Gasteiger partial charge on any atom is -0.373 e. The number of amidine groups is 2. The highest BCUT2D eigenvalue weighted by molar-refractivity contribution is 6.23. The van der Waals surface area contributed by atoms with E-state index in [1.165, 1.54) is 5.56 Å². The highest BCUT2D eigenvalue weighted by Crippen LogP contribution is 2.39. The number of benzene rings is 8. The molecule has 0 aliphatic rings. The molecule has 0 saturated heterocycles. The van der Waals surface area contributed by atoms with Crippen molar-refractivity contribution in [1.82, 2.24) is 19.9 Å². The fraction of sp³-hybridized carbons (Fsp3) is 0.0370. The predicted molar refractivity (Wildman–Crippen MR) is 249 cm³/mol. The summed E-state index contributed by atoms with van der Waals surface area (Å²) in [6.45, 7) is 0.460. The van der Waals surface area contributed by atoms with Crippen LogP contribution in [0.3, 0.4) is 0 Å². The summed E-state index contributed by atoms with van der Waals surface area (Å²) in [6.07, 6.45) is 1.87. The predicted octanol–water partition coefficient (Wildman–Crippen LogP) is 12.3. The highest BCUT2D eigenvalue weighted by atomic mass is 15.1. The minimum atomic E-state index is 0.460. The van der Waals surface area contributed by atoms with E-state index in [1.807, 2.05) is 49.6 Å². The number of nitrogens with zero attached hydrogens (tertiary/aromatic N) is 5. The van der Waals surface area contributed by atoms with Crippen LogP contribution in [-0.2, 0) is 6.54 Å². The molecule has 0 bridgehead atoms. The molecule has 8 aromatic carbocycles. The summed E-state index contributed by atoms with van der Waals surface area (Å²) >= 11 is 0. The first-order valence-electron chi connectivity index (χ1n) is 20.2. The average molecular weight is 773 g/mol. The Hall–Kier alpha value is -7.96. The summed E-state index contributed by atoms with van der Waals surface area (Å²) in [6, 6.07) is 69.5. The van der Waals surface area contributed by atoms with E-state index in [-0.39, 0.29) is 0 Å². The van der Waals surface area contributed by atoms with Crippen LogP contribution in [0.2, 0.25) is 0 Å². The standard InChI is InChI=1S/C54H40N6/c1-55-52(41-31-29-39(30-32-41)38-17-5-2-6-18-38)59-53(40-19-7-3-8-20-40)57-36-37-16-13-23-43(34-37)44-24-14-25-45(35-44)60-51-48-28-15-33-56-49(48)46-26-11-12-27-47(46)50(51)58-54(60)42-21-9-4-10-22-42/h2-35H,36H2,1H3,(H,55,57,59). The normalized spacial score (nSPS) is 12.0. The minimum absolute atomic E-state index is 0.460. The van der Waals surface area contributed by atoms with E-state index in [0.717, 1.165) is 89.0 Å². The molecule has 286 valence electrons. The van der Waals surface area contributed by atoms with Crippen molar-refractivity contribution in [2.45, 2.75) is 6.54 Å². The van der Waals surface area contributed by atoms with Crippen LogP contribution in [-0.4, -0.2) is 33.3 Å². The summed E-state index contributed by atoms with van der Waals surface area (Å²) < 4.78 is 2.30. The molecular weight excluding hydrogens is 733 g/mol. The van der Waals surface area contributed by atoms with Gasteiger partial charge < -0.3 is 5.32 Å². The molecule has 0 aliphatic heterocycles. The third-order valence-electron chi connectivity index (χ3n) is 10.9. The van der Waals surface area contributed by atoms with Crippen LogP contribution in [0, 0.1) is 0 Å². The van der Waals surface area contributed by atoms with Crippen LogP contribution in [0.25, 0.3) is 72.0 Å². The first-order valence-corrected chi connectivity index (χ1v) is 20.2. The number of rotatable bonds is 8. The molecule has 60 heavy (non-hydrogen) atoms. The maximum Gasteiger partial charge on any atom is 0.157 e. The Morgan fingerprint density at radius 1 is 0.517 bits per heavy atom. The Balaban J connectivity index is 1.03. The summed E-state index contributed by atoms with van der Waals surface area (Å²) in [5, 5.41) is 6.57. The van der Waals surface area contributed by atoms with Crippen molar-refractivity contribution in [3.05, 3.63) is 223 Å². The Morgan fingerprint density at radius 2 is 1.12 bits per heavy atom. The van der Waals surface area contributed by atoms with Crippen molar-refractivity contribution in [2.24, 2.45) is 9.98 Å². The van der Waals surface area contributed by atoms with Crippen molar-refractivity contribution in [2.75, 3.05) is 7.05 Å². The lowest BCUT2D eigenvalue weighted by Gasteiger charge is -2.14. The average Bonchev–Trinajstić information content (AvgIpc) is 3.74. The summed E-state index contributed by atoms with van der Waals surface area (Å²) in [7, 11) is 1.90. The van der Waals surface area contributed by atoms with E-state index < -0.39 is 0 Å². The lowest BCUT2D eigenvalue weighted by atomic mass is 10.0. The monoisotopic (exact) mass is 772 g/mol. The quantitative estimate of drug-likeness (QED) is 0.0950. The third kappa shape index (κ3) is 7.01. The van der Waals surface area contributed by atoms with Crippen molar-refractivity contribution >= 4 is 44.4 Å². The molecule has 10 rings (SSSR count). The Kier molecular flexibility index (Phi) is 9.78. The molecular formula is C54H40N6. The number of aromatic nitrogens is 3. The maximum atomic E-state index is 5.39. The molecule has 0 saturated carbocycles. The highest BCUT2D eigenvalue weighted by Gasteiger charge is 2.21. The second-order valence-electron chi connectivity index (χ2n) is 14.7. The zero-order chi connectivity index (χ0) is 40.3. The van der Waals surface area contributed by atoms with Crippen molar-refractivity contribution in [3.8, 4) is 39.3 Å². The van der Waals surface area contributed by atoms with Gasteiger partial charge >= 0.3 is 0 Å². The largest absolute Gasteiger partial charge is 0.373 e. The Bertz CT molecular complexity index is 3190. The van der Waals surface area contributed by atoms with Crippen LogP contribution < -0.4 is 5.32 Å². The van der Waals surface area contributed by atoms with Gasteiger partial charge in [0.1, 0.15) is 11.7 Å². The molecule has 6 heteroatoms. The fourth-order valence-corrected chi connectivity index (χ4v) is 8.04. The lowest BCUT2D eigenvalue weighted by Crippen LogP contribution is -2.21. The molecule has 0 spiro atoms. The molecule has 2 heterocycles. The molecule has 0 unspecified atom stereocenters. The van der Waals surface area contributed by atoms with Gasteiger partial charge in [0.25, 0.3) is 0 Å². The number of nitrogens with one attached hydrogen (secondary N) is 1. The first-order chi connectivity index (χ1) is 29.7. The summed E-state index contributed by atoms with van der Waals surface area (Å²) in [5.41, 5.74) is 12.6. The van der Waals surface area contributed by atoms with Gasteiger partial charge in [-0.05, 0) is 58.1 Å². The van der Waals surface area contributed by atoms with Gasteiger partial charge in [-0.15, -0.1) is 0 Å². The van der Waals surface area contributed by atoms with Crippen molar-refractivity contribution in [1.29, 1.82) is 0 Å². The van der Waals surface area contributed by atoms with Gasteiger partial charge in [-0.25, -0.2) is 9.98 Å². The molecule has 0 fully saturated rings. The zero-order valence-corrected chi connectivity index (χ0v) is 33.1. The fourth-order valence-electron chi connectivity index (χ4n) is 8.04. The van der Waals surface area contributed by atoms with Gasteiger partial charge in [0, 0.05) is 51.8 Å². The van der Waals surface area contributed by atoms with Gasteiger partial charge in [0.05, 0.1) is 23.1 Å². The molecule has 0 radical (unpaired) electrons. The van der Waals surface area contributed by atoms with Crippen LogP contribution in [0.4, 0.5) is 0 Å². The first kappa shape index (κ1) is 36.4. The van der Waals surface area contributed by atoms with E-state index in [9.17, 15) is 0 Å². The van der Waals surface area contributed by atoms with Gasteiger partial charge in [-0.2, -0.15) is 0 Å². The molecule has 0 atom stereocenters. The number of pyridine rings is 1. The molecule has 0 amide bonds. The van der Waals surface area contributed by atoms with Crippen LogP contribution >= 0.6 is 0 Å². The van der Waals surface area contributed by atoms with Crippen LogP contribution in [0.5, 0.6) is 0 Å². The van der Waals surface area contributed by atoms with Gasteiger partial charge in [-0.3, -0.25) is 14.5 Å². The number of fused-ring (bicyclic) bond motifs is 6. The van der Waals surface area contributed by atoms with Gasteiger partial charge in [0.2, 0.25) is 0 Å². The van der Waals surface area contributed by atoms with Crippen LogP contribution in [0.1, 0.15) is 16.7 Å². The van der Waals surface area contributed by atoms with E-state index in [1.54, 1.807) is 0 Å². The van der Waals surface area contributed by atoms with E-state index >= 15 is 0 Å².